The Bertz CT molecular complexity index is 667. The number of aromatic nitrogens is 1. The zero-order valence-corrected chi connectivity index (χ0v) is 17.9. The van der Waals surface area contributed by atoms with E-state index < -0.39 is 0 Å². The van der Waals surface area contributed by atoms with Gasteiger partial charge in [0.15, 0.2) is 5.96 Å². The van der Waals surface area contributed by atoms with Crippen LogP contribution in [0.5, 0.6) is 5.75 Å². The Hall–Kier alpha value is -1.35. The molecule has 1 aromatic heterocycles. The van der Waals surface area contributed by atoms with Crippen LogP contribution in [0.1, 0.15) is 21.1 Å². The lowest BCUT2D eigenvalue weighted by Crippen LogP contribution is -2.38. The quantitative estimate of drug-likeness (QED) is 0.421. The maximum Gasteiger partial charge on any atom is 0.194 e. The van der Waals surface area contributed by atoms with Crippen molar-refractivity contribution >= 4 is 41.3 Å². The second-order valence-electron chi connectivity index (χ2n) is 5.32. The highest BCUT2D eigenvalue weighted by Crippen LogP contribution is 2.19. The summed E-state index contributed by atoms with van der Waals surface area (Å²) in [4.78, 5) is 12.2. The lowest BCUT2D eigenvalue weighted by atomic mass is 10.2. The van der Waals surface area contributed by atoms with Gasteiger partial charge in [-0.15, -0.1) is 35.3 Å². The van der Waals surface area contributed by atoms with Crippen molar-refractivity contribution in [2.24, 2.45) is 4.99 Å². The van der Waals surface area contributed by atoms with Gasteiger partial charge in [0.2, 0.25) is 0 Å². The number of hydrogen-bond donors (Lipinski definition) is 1. The van der Waals surface area contributed by atoms with E-state index in [9.17, 15) is 0 Å². The first kappa shape index (κ1) is 20.7. The van der Waals surface area contributed by atoms with Gasteiger partial charge in [0, 0.05) is 31.1 Å². The molecular formula is C17H25IN4OS. The highest BCUT2D eigenvalue weighted by atomic mass is 127. The van der Waals surface area contributed by atoms with Gasteiger partial charge in [-0.25, -0.2) is 4.98 Å². The van der Waals surface area contributed by atoms with Crippen molar-refractivity contribution < 1.29 is 4.74 Å². The van der Waals surface area contributed by atoms with E-state index >= 15 is 0 Å². The summed E-state index contributed by atoms with van der Waals surface area (Å²) < 4.78 is 5.41. The minimum atomic E-state index is 0. The van der Waals surface area contributed by atoms with E-state index in [2.05, 4.69) is 33.2 Å². The van der Waals surface area contributed by atoms with Crippen molar-refractivity contribution in [2.75, 3.05) is 21.2 Å². The van der Waals surface area contributed by atoms with Crippen molar-refractivity contribution in [3.63, 3.8) is 0 Å². The zero-order chi connectivity index (χ0) is 16.8. The number of methoxy groups -OCH3 is 1. The number of aliphatic imine (C=N–C) groups is 1. The van der Waals surface area contributed by atoms with Crippen LogP contribution in [-0.2, 0) is 13.1 Å². The average molecular weight is 460 g/mol. The molecular weight excluding hydrogens is 435 g/mol. The van der Waals surface area contributed by atoms with Crippen LogP contribution in [0, 0.1) is 13.8 Å². The minimum Gasteiger partial charge on any atom is -0.496 e. The molecule has 0 bridgehead atoms. The van der Waals surface area contributed by atoms with Crippen LogP contribution in [0.2, 0.25) is 0 Å². The van der Waals surface area contributed by atoms with Crippen molar-refractivity contribution in [2.45, 2.75) is 26.9 Å². The summed E-state index contributed by atoms with van der Waals surface area (Å²) in [7, 11) is 5.50. The van der Waals surface area contributed by atoms with Gasteiger partial charge in [0.05, 0.1) is 19.3 Å². The molecule has 0 fully saturated rings. The van der Waals surface area contributed by atoms with E-state index in [1.807, 2.05) is 32.2 Å². The number of benzene rings is 1. The Morgan fingerprint density at radius 3 is 2.62 bits per heavy atom. The van der Waals surface area contributed by atoms with E-state index in [4.69, 9.17) is 4.74 Å². The van der Waals surface area contributed by atoms with Crippen molar-refractivity contribution in [3.8, 4) is 5.75 Å². The van der Waals surface area contributed by atoms with Crippen molar-refractivity contribution in [1.29, 1.82) is 0 Å². The number of ether oxygens (including phenoxy) is 1. The predicted octanol–water partition coefficient (Wildman–Crippen LogP) is 3.59. The average Bonchev–Trinajstić information content (AvgIpc) is 2.87. The molecule has 132 valence electrons. The highest BCUT2D eigenvalue weighted by molar-refractivity contribution is 14.0. The van der Waals surface area contributed by atoms with Gasteiger partial charge >= 0.3 is 0 Å². The standard InChI is InChI=1S/C17H24N4OS.HI/c1-12-13(2)23-16(20-12)10-19-17(18-3)21(4)11-14-8-6-7-9-15(14)22-5;/h6-9H,10-11H2,1-5H3,(H,18,19);1H. The van der Waals surface area contributed by atoms with Gasteiger partial charge in [0.1, 0.15) is 10.8 Å². The topological polar surface area (TPSA) is 49.8 Å². The largest absolute Gasteiger partial charge is 0.496 e. The smallest absolute Gasteiger partial charge is 0.194 e. The van der Waals surface area contributed by atoms with E-state index in [-0.39, 0.29) is 24.0 Å². The summed E-state index contributed by atoms with van der Waals surface area (Å²) in [5.74, 6) is 1.72. The fraction of sp³-hybridized carbons (Fsp3) is 0.412. The molecule has 2 aromatic rings. The van der Waals surface area contributed by atoms with Crippen LogP contribution >= 0.6 is 35.3 Å². The number of nitrogens with one attached hydrogen (secondary N) is 1. The molecule has 0 saturated carbocycles. The van der Waals surface area contributed by atoms with E-state index in [1.165, 1.54) is 4.88 Å². The first-order valence-corrected chi connectivity index (χ1v) is 8.33. The summed E-state index contributed by atoms with van der Waals surface area (Å²) in [5.41, 5.74) is 2.23. The maximum atomic E-state index is 5.41. The maximum absolute atomic E-state index is 5.41. The molecule has 0 aliphatic heterocycles. The molecule has 0 amide bonds. The summed E-state index contributed by atoms with van der Waals surface area (Å²) >= 11 is 1.72. The third-order valence-electron chi connectivity index (χ3n) is 3.64. The van der Waals surface area contributed by atoms with Gasteiger partial charge in [-0.2, -0.15) is 0 Å². The number of para-hydroxylation sites is 1. The van der Waals surface area contributed by atoms with Crippen LogP contribution in [-0.4, -0.2) is 37.0 Å². The molecule has 2 rings (SSSR count). The number of rotatable bonds is 5. The Balaban J connectivity index is 0.00000288. The Kier molecular flexibility index (Phi) is 8.47. The summed E-state index contributed by atoms with van der Waals surface area (Å²) in [6.07, 6.45) is 0. The number of nitrogens with zero attached hydrogens (tertiary/aromatic N) is 3. The van der Waals surface area contributed by atoms with Crippen molar-refractivity contribution in [3.05, 3.63) is 45.4 Å². The fourth-order valence-electron chi connectivity index (χ4n) is 2.32. The minimum absolute atomic E-state index is 0. The Morgan fingerprint density at radius 1 is 1.33 bits per heavy atom. The third-order valence-corrected chi connectivity index (χ3v) is 4.72. The van der Waals surface area contributed by atoms with Gasteiger partial charge in [0.25, 0.3) is 0 Å². The number of guanidine groups is 1. The van der Waals surface area contributed by atoms with Crippen LogP contribution in [0.3, 0.4) is 0 Å². The van der Waals surface area contributed by atoms with Gasteiger partial charge < -0.3 is 15.0 Å². The highest BCUT2D eigenvalue weighted by Gasteiger charge is 2.11. The first-order valence-electron chi connectivity index (χ1n) is 7.51. The SMILES string of the molecule is CN=C(NCc1nc(C)c(C)s1)N(C)Cc1ccccc1OC.I. The molecule has 0 aliphatic carbocycles. The molecule has 0 radical (unpaired) electrons. The molecule has 0 aliphatic rings. The number of aryl methyl sites for hydroxylation is 2. The molecule has 1 N–H and O–H groups in total. The molecule has 0 atom stereocenters. The van der Waals surface area contributed by atoms with Gasteiger partial charge in [-0.3, -0.25) is 4.99 Å². The Labute approximate surface area is 165 Å². The molecule has 24 heavy (non-hydrogen) atoms. The molecule has 7 heteroatoms. The van der Waals surface area contributed by atoms with E-state index in [1.54, 1.807) is 25.5 Å². The monoisotopic (exact) mass is 460 g/mol. The molecule has 0 unspecified atom stereocenters. The molecule has 0 spiro atoms. The van der Waals surface area contributed by atoms with Crippen LogP contribution < -0.4 is 10.1 Å². The second-order valence-corrected chi connectivity index (χ2v) is 6.61. The van der Waals surface area contributed by atoms with Crippen LogP contribution in [0.15, 0.2) is 29.3 Å². The van der Waals surface area contributed by atoms with Crippen molar-refractivity contribution in [1.82, 2.24) is 15.2 Å². The number of thiazole rings is 1. The van der Waals surface area contributed by atoms with Crippen LogP contribution in [0.4, 0.5) is 0 Å². The molecule has 5 nitrogen and oxygen atoms in total. The second kappa shape index (κ2) is 9.83. The molecule has 0 saturated heterocycles. The molecule has 1 heterocycles. The lowest BCUT2D eigenvalue weighted by molar-refractivity contribution is 0.396. The van der Waals surface area contributed by atoms with Crippen LogP contribution in [0.25, 0.3) is 0 Å². The van der Waals surface area contributed by atoms with E-state index in [0.717, 1.165) is 34.5 Å². The van der Waals surface area contributed by atoms with Gasteiger partial charge in [-0.1, -0.05) is 18.2 Å². The predicted molar refractivity (Wildman–Crippen MR) is 112 cm³/mol. The first-order chi connectivity index (χ1) is 11.0. The number of halogens is 1. The zero-order valence-electron chi connectivity index (χ0n) is 14.8. The Morgan fingerprint density at radius 2 is 2.04 bits per heavy atom. The molecule has 1 aromatic carbocycles. The normalized spacial score (nSPS) is 11.0. The number of hydrogen-bond acceptors (Lipinski definition) is 4. The van der Waals surface area contributed by atoms with E-state index in [0.29, 0.717) is 6.54 Å². The third kappa shape index (κ3) is 5.34. The fourth-order valence-corrected chi connectivity index (χ4v) is 3.19. The summed E-state index contributed by atoms with van der Waals surface area (Å²) in [6, 6.07) is 8.03. The van der Waals surface area contributed by atoms with Gasteiger partial charge in [-0.05, 0) is 19.9 Å². The summed E-state index contributed by atoms with van der Waals surface area (Å²) in [6.45, 7) is 5.54. The lowest BCUT2D eigenvalue weighted by Gasteiger charge is -2.22. The summed E-state index contributed by atoms with van der Waals surface area (Å²) in [5, 5.41) is 4.44.